The highest BCUT2D eigenvalue weighted by molar-refractivity contribution is 6.12. The van der Waals surface area contributed by atoms with Crippen molar-refractivity contribution in [3.8, 4) is 55.9 Å². The van der Waals surface area contributed by atoms with Crippen LogP contribution in [0.1, 0.15) is 22.3 Å². The van der Waals surface area contributed by atoms with Crippen LogP contribution in [0.3, 0.4) is 0 Å². The average Bonchev–Trinajstić information content (AvgIpc) is 4.05. The van der Waals surface area contributed by atoms with Gasteiger partial charge in [-0.15, -0.1) is 0 Å². The molecule has 0 N–H and O–H groups in total. The fourth-order valence-electron chi connectivity index (χ4n) is 11.5. The van der Waals surface area contributed by atoms with Crippen molar-refractivity contribution >= 4 is 43.6 Å². The molecule has 0 aliphatic heterocycles. The SMILES string of the molecule is c1ccc(-c2ccc3c4ccccc4n(-c4ccc5c(c4)C4(c6ccccc6-5)c5ccccc5-c5ccc(-n6c7ccccc7c7ccc(-c8ccccc8)cc76)cc54)c3c2)cc1. The van der Waals surface area contributed by atoms with E-state index in [0.29, 0.717) is 0 Å². The number of benzene rings is 10. The zero-order chi connectivity index (χ0) is 41.2. The Morgan fingerprint density at radius 3 is 1.10 bits per heavy atom. The molecule has 14 rings (SSSR count). The van der Waals surface area contributed by atoms with E-state index in [-0.39, 0.29) is 0 Å². The first-order valence-corrected chi connectivity index (χ1v) is 21.9. The molecule has 2 aliphatic carbocycles. The Balaban J connectivity index is 1.05. The van der Waals surface area contributed by atoms with Crippen LogP contribution in [0.15, 0.2) is 231 Å². The van der Waals surface area contributed by atoms with Crippen molar-refractivity contribution in [1.82, 2.24) is 9.13 Å². The molecule has 1 spiro atoms. The lowest BCUT2D eigenvalue weighted by atomic mass is 9.70. The first kappa shape index (κ1) is 34.5. The Bertz CT molecular complexity index is 3590. The summed E-state index contributed by atoms with van der Waals surface area (Å²) in [6, 6.07) is 85.9. The van der Waals surface area contributed by atoms with Crippen LogP contribution in [0.5, 0.6) is 0 Å². The Kier molecular flexibility index (Phi) is 7.07. The summed E-state index contributed by atoms with van der Waals surface area (Å²) in [5.41, 5.74) is 22.0. The standard InChI is InChI=1S/C61H38N2/c1-3-15-39(16-4-1)41-27-31-51-49-21-9-13-25-57(49)62(59(51)35-41)43-29-33-47-45-19-7-11-23-53(45)61(55(47)37-43)54-24-12-8-20-46(54)48-34-30-44(38-56(48)61)63-58-26-14-10-22-50(58)52-32-28-42(36-60(52)63)40-17-5-2-6-18-40/h1-38H. The molecule has 12 aromatic rings. The van der Waals surface area contributed by atoms with E-state index in [4.69, 9.17) is 0 Å². The van der Waals surface area contributed by atoms with Gasteiger partial charge in [-0.3, -0.25) is 0 Å². The summed E-state index contributed by atoms with van der Waals surface area (Å²) in [6.07, 6.45) is 0. The van der Waals surface area contributed by atoms with E-state index in [0.717, 1.165) is 11.4 Å². The molecule has 0 amide bonds. The third-order valence-corrected chi connectivity index (χ3v) is 14.1. The summed E-state index contributed by atoms with van der Waals surface area (Å²) < 4.78 is 4.99. The first-order chi connectivity index (χ1) is 31.3. The lowest BCUT2D eigenvalue weighted by Crippen LogP contribution is -2.26. The molecule has 0 radical (unpaired) electrons. The van der Waals surface area contributed by atoms with Crippen LogP contribution in [0.25, 0.3) is 99.5 Å². The topological polar surface area (TPSA) is 9.86 Å². The number of fused-ring (bicyclic) bond motifs is 16. The minimum atomic E-state index is -0.536. The van der Waals surface area contributed by atoms with Crippen LogP contribution in [-0.4, -0.2) is 9.13 Å². The Hall–Kier alpha value is -8.20. The molecule has 2 heteroatoms. The summed E-state index contributed by atoms with van der Waals surface area (Å²) in [5.74, 6) is 0. The van der Waals surface area contributed by atoms with Crippen LogP contribution in [0.4, 0.5) is 0 Å². The average molecular weight is 799 g/mol. The van der Waals surface area contributed by atoms with E-state index in [1.165, 1.54) is 110 Å². The maximum absolute atomic E-state index is 2.52. The van der Waals surface area contributed by atoms with E-state index in [2.05, 4.69) is 240 Å². The number of hydrogen-bond acceptors (Lipinski definition) is 0. The number of nitrogens with zero attached hydrogens (tertiary/aromatic N) is 2. The van der Waals surface area contributed by atoms with Crippen LogP contribution in [-0.2, 0) is 5.41 Å². The van der Waals surface area contributed by atoms with Crippen molar-refractivity contribution in [2.45, 2.75) is 5.41 Å². The minimum Gasteiger partial charge on any atom is -0.309 e. The van der Waals surface area contributed by atoms with Gasteiger partial charge in [0.1, 0.15) is 0 Å². The predicted octanol–water partition coefficient (Wildman–Crippen LogP) is 15.6. The second kappa shape index (κ2) is 12.9. The second-order valence-electron chi connectivity index (χ2n) is 17.2. The maximum Gasteiger partial charge on any atom is 0.0727 e. The molecule has 2 nitrogen and oxygen atoms in total. The fourth-order valence-corrected chi connectivity index (χ4v) is 11.5. The molecule has 2 aromatic heterocycles. The molecule has 0 bridgehead atoms. The molecule has 0 saturated carbocycles. The number of hydrogen-bond donors (Lipinski definition) is 0. The van der Waals surface area contributed by atoms with Crippen LogP contribution < -0.4 is 0 Å². The predicted molar refractivity (Wildman–Crippen MR) is 262 cm³/mol. The van der Waals surface area contributed by atoms with E-state index in [1.807, 2.05) is 0 Å². The van der Waals surface area contributed by atoms with Crippen molar-refractivity contribution < 1.29 is 0 Å². The zero-order valence-corrected chi connectivity index (χ0v) is 34.3. The Morgan fingerprint density at radius 1 is 0.238 bits per heavy atom. The third-order valence-electron chi connectivity index (χ3n) is 14.1. The number of rotatable bonds is 4. The van der Waals surface area contributed by atoms with Crippen molar-refractivity contribution in [2.75, 3.05) is 0 Å². The van der Waals surface area contributed by atoms with Crippen molar-refractivity contribution in [3.05, 3.63) is 253 Å². The van der Waals surface area contributed by atoms with Gasteiger partial charge in [0.2, 0.25) is 0 Å². The molecular formula is C61H38N2. The quantitative estimate of drug-likeness (QED) is 0.168. The highest BCUT2D eigenvalue weighted by atomic mass is 15.0. The fraction of sp³-hybridized carbons (Fsp3) is 0.0164. The van der Waals surface area contributed by atoms with Crippen LogP contribution >= 0.6 is 0 Å². The highest BCUT2D eigenvalue weighted by Gasteiger charge is 2.52. The van der Waals surface area contributed by atoms with Gasteiger partial charge in [-0.05, 0) is 115 Å². The van der Waals surface area contributed by atoms with Crippen molar-refractivity contribution in [3.63, 3.8) is 0 Å². The molecule has 0 atom stereocenters. The molecular weight excluding hydrogens is 761 g/mol. The minimum absolute atomic E-state index is 0.536. The van der Waals surface area contributed by atoms with Gasteiger partial charge in [0.05, 0.1) is 27.5 Å². The Labute approximate surface area is 365 Å². The smallest absolute Gasteiger partial charge is 0.0727 e. The van der Waals surface area contributed by atoms with Crippen LogP contribution in [0, 0.1) is 0 Å². The molecule has 0 unspecified atom stereocenters. The van der Waals surface area contributed by atoms with E-state index >= 15 is 0 Å². The van der Waals surface area contributed by atoms with E-state index in [9.17, 15) is 0 Å². The lowest BCUT2D eigenvalue weighted by molar-refractivity contribution is 0.791. The highest BCUT2D eigenvalue weighted by Crippen LogP contribution is 2.63. The molecule has 292 valence electrons. The lowest BCUT2D eigenvalue weighted by Gasteiger charge is -2.31. The molecule has 2 aliphatic rings. The summed E-state index contributed by atoms with van der Waals surface area (Å²) in [6.45, 7) is 0. The van der Waals surface area contributed by atoms with Gasteiger partial charge in [0.15, 0.2) is 0 Å². The Morgan fingerprint density at radius 2 is 0.619 bits per heavy atom. The van der Waals surface area contributed by atoms with E-state index in [1.54, 1.807) is 0 Å². The molecule has 2 heterocycles. The van der Waals surface area contributed by atoms with Gasteiger partial charge in [-0.1, -0.05) is 182 Å². The number of aromatic nitrogens is 2. The third kappa shape index (κ3) is 4.67. The molecule has 63 heavy (non-hydrogen) atoms. The maximum atomic E-state index is 2.52. The molecule has 0 fully saturated rings. The number of para-hydroxylation sites is 2. The van der Waals surface area contributed by atoms with E-state index < -0.39 is 5.41 Å². The van der Waals surface area contributed by atoms with Gasteiger partial charge in [0.25, 0.3) is 0 Å². The normalized spacial score (nSPS) is 13.2. The summed E-state index contributed by atoms with van der Waals surface area (Å²) in [5, 5.41) is 5.03. The van der Waals surface area contributed by atoms with Crippen molar-refractivity contribution in [1.29, 1.82) is 0 Å². The molecule has 10 aromatic carbocycles. The monoisotopic (exact) mass is 798 g/mol. The van der Waals surface area contributed by atoms with Gasteiger partial charge < -0.3 is 9.13 Å². The summed E-state index contributed by atoms with van der Waals surface area (Å²) >= 11 is 0. The van der Waals surface area contributed by atoms with Gasteiger partial charge in [-0.25, -0.2) is 0 Å². The summed E-state index contributed by atoms with van der Waals surface area (Å²) in [7, 11) is 0. The summed E-state index contributed by atoms with van der Waals surface area (Å²) in [4.78, 5) is 0. The van der Waals surface area contributed by atoms with Crippen molar-refractivity contribution in [2.24, 2.45) is 0 Å². The van der Waals surface area contributed by atoms with Gasteiger partial charge >= 0.3 is 0 Å². The van der Waals surface area contributed by atoms with Crippen LogP contribution in [0.2, 0.25) is 0 Å². The largest absolute Gasteiger partial charge is 0.309 e. The van der Waals surface area contributed by atoms with Gasteiger partial charge in [-0.2, -0.15) is 0 Å². The molecule has 0 saturated heterocycles. The zero-order valence-electron chi connectivity index (χ0n) is 34.3. The van der Waals surface area contributed by atoms with Gasteiger partial charge in [0, 0.05) is 32.9 Å². The first-order valence-electron chi connectivity index (χ1n) is 21.9. The second-order valence-corrected chi connectivity index (χ2v) is 17.2.